The standard InChI is InChI=1S/C29H32ClF3N4O4/c1-6-37-16-24(35-27(37)17(2)38)20-9-7-19(8-10-20)13-22(15-26(39)36(4)5)34-28(40)21-11-12-25(23(30)14-21)41-18(3)29(31,32)33/h7-12,14,16,18,22H,6,13,15H2,1-5H3,(H,34,40). The van der Waals surface area contributed by atoms with Gasteiger partial charge in [-0.05, 0) is 44.0 Å². The lowest BCUT2D eigenvalue weighted by Crippen LogP contribution is -2.40. The van der Waals surface area contributed by atoms with Crippen molar-refractivity contribution in [3.05, 3.63) is 70.6 Å². The van der Waals surface area contributed by atoms with Crippen LogP contribution in [0.1, 0.15) is 53.7 Å². The smallest absolute Gasteiger partial charge is 0.425 e. The van der Waals surface area contributed by atoms with Crippen LogP contribution in [0.15, 0.2) is 48.7 Å². The highest BCUT2D eigenvalue weighted by molar-refractivity contribution is 6.32. The number of imidazole rings is 1. The number of amides is 2. The fraction of sp³-hybridized carbons (Fsp3) is 0.379. The Labute approximate surface area is 241 Å². The number of nitrogens with one attached hydrogen (secondary N) is 1. The van der Waals surface area contributed by atoms with E-state index in [0.717, 1.165) is 18.1 Å². The van der Waals surface area contributed by atoms with E-state index in [1.165, 1.54) is 30.0 Å². The maximum atomic E-state index is 13.0. The van der Waals surface area contributed by atoms with Crippen molar-refractivity contribution >= 4 is 29.2 Å². The number of aromatic nitrogens is 2. The molecule has 0 fully saturated rings. The van der Waals surface area contributed by atoms with Gasteiger partial charge in [-0.25, -0.2) is 4.98 Å². The Kier molecular flexibility index (Phi) is 10.2. The summed E-state index contributed by atoms with van der Waals surface area (Å²) in [6, 6.07) is 10.6. The van der Waals surface area contributed by atoms with Gasteiger partial charge in [0.25, 0.3) is 5.91 Å². The van der Waals surface area contributed by atoms with Crippen LogP contribution < -0.4 is 10.1 Å². The Morgan fingerprint density at radius 2 is 1.78 bits per heavy atom. The molecule has 0 aliphatic carbocycles. The quantitative estimate of drug-likeness (QED) is 0.294. The summed E-state index contributed by atoms with van der Waals surface area (Å²) in [7, 11) is 3.22. The molecule has 2 unspecified atom stereocenters. The maximum Gasteiger partial charge on any atom is 0.425 e. The number of ether oxygens (including phenoxy) is 1. The molecule has 220 valence electrons. The van der Waals surface area contributed by atoms with Crippen LogP contribution in [0.25, 0.3) is 11.3 Å². The number of alkyl halides is 3. The molecule has 0 saturated carbocycles. The van der Waals surface area contributed by atoms with Crippen molar-refractivity contribution in [1.29, 1.82) is 0 Å². The van der Waals surface area contributed by atoms with Gasteiger partial charge < -0.3 is 19.5 Å². The largest absolute Gasteiger partial charge is 0.480 e. The summed E-state index contributed by atoms with van der Waals surface area (Å²) in [5.41, 5.74) is 2.41. The second-order valence-electron chi connectivity index (χ2n) is 9.80. The molecule has 1 aromatic heterocycles. The van der Waals surface area contributed by atoms with Crippen molar-refractivity contribution < 1.29 is 32.3 Å². The SMILES string of the molecule is CCn1cc(-c2ccc(CC(CC(=O)N(C)C)NC(=O)c3ccc(OC(C)C(F)(F)F)c(Cl)c3)cc2)nc1C(C)=O. The normalized spacial score (nSPS) is 12.9. The van der Waals surface area contributed by atoms with Gasteiger partial charge in [0, 0.05) is 57.4 Å². The average Bonchev–Trinajstić information content (AvgIpc) is 3.34. The third-order valence-electron chi connectivity index (χ3n) is 6.38. The van der Waals surface area contributed by atoms with Crippen molar-refractivity contribution in [3.63, 3.8) is 0 Å². The number of benzene rings is 2. The monoisotopic (exact) mass is 592 g/mol. The Hall–Kier alpha value is -3.86. The fourth-order valence-corrected chi connectivity index (χ4v) is 4.23. The number of aryl methyl sites for hydroxylation is 1. The van der Waals surface area contributed by atoms with Gasteiger partial charge in [-0.1, -0.05) is 35.9 Å². The predicted octanol–water partition coefficient (Wildman–Crippen LogP) is 5.58. The van der Waals surface area contributed by atoms with Crippen LogP contribution in [-0.2, 0) is 17.8 Å². The van der Waals surface area contributed by atoms with Crippen molar-refractivity contribution in [1.82, 2.24) is 19.8 Å². The Morgan fingerprint density at radius 1 is 1.12 bits per heavy atom. The van der Waals surface area contributed by atoms with E-state index in [9.17, 15) is 27.6 Å². The van der Waals surface area contributed by atoms with Crippen LogP contribution >= 0.6 is 11.6 Å². The van der Waals surface area contributed by atoms with Crippen LogP contribution in [0.5, 0.6) is 5.75 Å². The molecule has 1 N–H and O–H groups in total. The molecule has 2 atom stereocenters. The highest BCUT2D eigenvalue weighted by Crippen LogP contribution is 2.31. The van der Waals surface area contributed by atoms with Crippen molar-refractivity contribution in [2.75, 3.05) is 14.1 Å². The third-order valence-corrected chi connectivity index (χ3v) is 6.67. The van der Waals surface area contributed by atoms with E-state index in [1.54, 1.807) is 18.7 Å². The summed E-state index contributed by atoms with van der Waals surface area (Å²) < 4.78 is 45.2. The topological polar surface area (TPSA) is 93.5 Å². The van der Waals surface area contributed by atoms with Crippen LogP contribution in [0, 0.1) is 0 Å². The second kappa shape index (κ2) is 13.2. The zero-order valence-corrected chi connectivity index (χ0v) is 24.1. The maximum absolute atomic E-state index is 13.0. The summed E-state index contributed by atoms with van der Waals surface area (Å²) in [4.78, 5) is 43.3. The van der Waals surface area contributed by atoms with Gasteiger partial charge >= 0.3 is 6.18 Å². The summed E-state index contributed by atoms with van der Waals surface area (Å²) in [5, 5.41) is 2.69. The molecule has 1 heterocycles. The number of hydrogen-bond acceptors (Lipinski definition) is 5. The van der Waals surface area contributed by atoms with E-state index < -0.39 is 24.2 Å². The van der Waals surface area contributed by atoms with E-state index in [1.807, 2.05) is 37.4 Å². The first-order valence-corrected chi connectivity index (χ1v) is 13.3. The summed E-state index contributed by atoms with van der Waals surface area (Å²) in [6.07, 6.45) is -4.49. The average molecular weight is 593 g/mol. The second-order valence-corrected chi connectivity index (χ2v) is 10.2. The molecule has 12 heteroatoms. The number of ketones is 1. The molecule has 0 saturated heterocycles. The molecule has 0 aliphatic heterocycles. The van der Waals surface area contributed by atoms with Gasteiger partial charge in [0.05, 0.1) is 10.7 Å². The number of nitrogens with zero attached hydrogens (tertiary/aromatic N) is 3. The number of Topliss-reactive ketones (excluding diaryl/α,β-unsaturated/α-hetero) is 1. The highest BCUT2D eigenvalue weighted by atomic mass is 35.5. The van der Waals surface area contributed by atoms with E-state index in [2.05, 4.69) is 10.3 Å². The van der Waals surface area contributed by atoms with Gasteiger partial charge in [0.2, 0.25) is 5.91 Å². The number of carbonyl (C=O) groups excluding carboxylic acids is 3. The number of rotatable bonds is 11. The minimum Gasteiger partial charge on any atom is -0.480 e. The molecule has 3 rings (SSSR count). The number of halogens is 4. The Balaban J connectivity index is 1.77. The highest BCUT2D eigenvalue weighted by Gasteiger charge is 2.38. The third kappa shape index (κ3) is 8.32. The van der Waals surface area contributed by atoms with Gasteiger partial charge in [-0.3, -0.25) is 14.4 Å². The van der Waals surface area contributed by atoms with Gasteiger partial charge in [0.15, 0.2) is 17.7 Å². The molecular formula is C29H32ClF3N4O4. The minimum atomic E-state index is -4.57. The van der Waals surface area contributed by atoms with Gasteiger partial charge in [-0.2, -0.15) is 13.2 Å². The first kappa shape index (κ1) is 31.7. The molecule has 3 aromatic rings. The molecule has 0 radical (unpaired) electrons. The van der Waals surface area contributed by atoms with Crippen molar-refractivity contribution in [2.45, 2.75) is 58.5 Å². The minimum absolute atomic E-state index is 0.0153. The first-order valence-electron chi connectivity index (χ1n) is 12.9. The molecule has 2 aromatic carbocycles. The summed E-state index contributed by atoms with van der Waals surface area (Å²) in [5.74, 6) is -0.690. The van der Waals surface area contributed by atoms with Crippen molar-refractivity contribution in [2.24, 2.45) is 0 Å². The first-order chi connectivity index (χ1) is 19.2. The fourth-order valence-electron chi connectivity index (χ4n) is 4.00. The van der Waals surface area contributed by atoms with Crippen LogP contribution in [0.4, 0.5) is 13.2 Å². The number of carbonyl (C=O) groups is 3. The van der Waals surface area contributed by atoms with Gasteiger partial charge in [-0.15, -0.1) is 0 Å². The number of hydrogen-bond donors (Lipinski definition) is 1. The zero-order chi connectivity index (χ0) is 30.5. The summed E-state index contributed by atoms with van der Waals surface area (Å²) >= 11 is 6.10. The molecule has 0 bridgehead atoms. The molecule has 2 amide bonds. The molecular weight excluding hydrogens is 561 g/mol. The Bertz CT molecular complexity index is 1400. The lowest BCUT2D eigenvalue weighted by molar-refractivity contribution is -0.189. The Morgan fingerprint density at radius 3 is 2.29 bits per heavy atom. The van der Waals surface area contributed by atoms with E-state index in [-0.39, 0.29) is 34.4 Å². The molecule has 0 spiro atoms. The zero-order valence-electron chi connectivity index (χ0n) is 23.4. The van der Waals surface area contributed by atoms with E-state index in [4.69, 9.17) is 16.3 Å². The molecule has 41 heavy (non-hydrogen) atoms. The lowest BCUT2D eigenvalue weighted by Gasteiger charge is -2.21. The van der Waals surface area contributed by atoms with Crippen LogP contribution in [0.3, 0.4) is 0 Å². The molecule has 8 nitrogen and oxygen atoms in total. The predicted molar refractivity (Wildman–Crippen MR) is 149 cm³/mol. The van der Waals surface area contributed by atoms with E-state index >= 15 is 0 Å². The van der Waals surface area contributed by atoms with Crippen LogP contribution in [-0.4, -0.2) is 64.5 Å². The van der Waals surface area contributed by atoms with Gasteiger partial charge in [0.1, 0.15) is 5.75 Å². The lowest BCUT2D eigenvalue weighted by atomic mass is 10.00. The van der Waals surface area contributed by atoms with Crippen molar-refractivity contribution in [3.8, 4) is 17.0 Å². The van der Waals surface area contributed by atoms with E-state index in [0.29, 0.717) is 24.5 Å². The summed E-state index contributed by atoms with van der Waals surface area (Å²) in [6.45, 7) is 4.86. The van der Waals surface area contributed by atoms with Crippen LogP contribution in [0.2, 0.25) is 5.02 Å². The molecule has 0 aliphatic rings.